The Labute approximate surface area is 140 Å². The van der Waals surface area contributed by atoms with Gasteiger partial charge >= 0.3 is 0 Å². The van der Waals surface area contributed by atoms with Crippen molar-refractivity contribution in [1.82, 2.24) is 9.55 Å². The van der Waals surface area contributed by atoms with E-state index in [-0.39, 0.29) is 0 Å². The fraction of sp³-hybridized carbons (Fsp3) is 0.133. The van der Waals surface area contributed by atoms with Gasteiger partial charge in [0, 0.05) is 11.1 Å². The van der Waals surface area contributed by atoms with Gasteiger partial charge < -0.3 is 4.74 Å². The van der Waals surface area contributed by atoms with Gasteiger partial charge in [-0.3, -0.25) is 4.57 Å². The van der Waals surface area contributed by atoms with Gasteiger partial charge in [-0.25, -0.2) is 4.98 Å². The number of ether oxygens (including phenoxy) is 1. The Balaban J connectivity index is 2.30. The van der Waals surface area contributed by atoms with Crippen LogP contribution >= 0.6 is 39.1 Å². The average molecular weight is 386 g/mol. The number of nitrogens with zero attached hydrogens (tertiary/aromatic N) is 2. The molecule has 0 aliphatic heterocycles. The molecule has 108 valence electrons. The summed E-state index contributed by atoms with van der Waals surface area (Å²) in [5, 5.41) is 0.661. The molecule has 3 rings (SSSR count). The monoisotopic (exact) mass is 384 g/mol. The Hall–Kier alpha value is -1.23. The molecule has 0 aliphatic rings. The minimum absolute atomic E-state index is 0.310. The molecular formula is C15H11BrCl2N2O. The van der Waals surface area contributed by atoms with E-state index in [1.807, 2.05) is 41.0 Å². The fourth-order valence-electron chi connectivity index (χ4n) is 2.26. The molecule has 1 heterocycles. The average Bonchev–Trinajstić information content (AvgIpc) is 2.85. The Morgan fingerprint density at radius 2 is 2.05 bits per heavy atom. The number of methoxy groups -OCH3 is 1. The summed E-state index contributed by atoms with van der Waals surface area (Å²) < 4.78 is 8.23. The number of aromatic nitrogens is 2. The highest BCUT2D eigenvalue weighted by Crippen LogP contribution is 2.31. The van der Waals surface area contributed by atoms with Gasteiger partial charge in [-0.2, -0.15) is 0 Å². The largest absolute Gasteiger partial charge is 0.495 e. The van der Waals surface area contributed by atoms with E-state index < -0.39 is 0 Å². The van der Waals surface area contributed by atoms with Gasteiger partial charge in [0.2, 0.25) is 0 Å². The van der Waals surface area contributed by atoms with Crippen molar-refractivity contribution in [3.8, 4) is 11.4 Å². The van der Waals surface area contributed by atoms with Crippen LogP contribution in [-0.2, 0) is 5.88 Å². The molecule has 2 aromatic carbocycles. The quantitative estimate of drug-likeness (QED) is 0.580. The van der Waals surface area contributed by atoms with Crippen molar-refractivity contribution >= 4 is 50.2 Å². The van der Waals surface area contributed by atoms with Gasteiger partial charge in [0.25, 0.3) is 0 Å². The zero-order valence-electron chi connectivity index (χ0n) is 11.1. The van der Waals surface area contributed by atoms with E-state index in [1.54, 1.807) is 7.11 Å². The normalized spacial score (nSPS) is 11.0. The second-order valence-electron chi connectivity index (χ2n) is 4.45. The highest BCUT2D eigenvalue weighted by molar-refractivity contribution is 9.10. The summed E-state index contributed by atoms with van der Waals surface area (Å²) >= 11 is 15.6. The molecule has 6 heteroatoms. The second-order valence-corrected chi connectivity index (χ2v) is 6.01. The molecule has 0 saturated heterocycles. The summed E-state index contributed by atoms with van der Waals surface area (Å²) in [7, 11) is 1.63. The van der Waals surface area contributed by atoms with Crippen LogP contribution in [0.4, 0.5) is 0 Å². The maximum Gasteiger partial charge on any atom is 0.135 e. The lowest BCUT2D eigenvalue weighted by molar-refractivity contribution is 0.412. The van der Waals surface area contributed by atoms with Crippen molar-refractivity contribution in [2.24, 2.45) is 0 Å². The molecule has 1 aromatic heterocycles. The summed E-state index contributed by atoms with van der Waals surface area (Å²) in [5.74, 6) is 1.82. The number of benzene rings is 2. The zero-order chi connectivity index (χ0) is 15.0. The van der Waals surface area contributed by atoms with E-state index in [1.165, 1.54) is 0 Å². The van der Waals surface area contributed by atoms with E-state index in [2.05, 4.69) is 20.9 Å². The van der Waals surface area contributed by atoms with Crippen LogP contribution in [0.2, 0.25) is 5.02 Å². The number of hydrogen-bond acceptors (Lipinski definition) is 2. The third-order valence-corrected chi connectivity index (χ3v) is 4.33. The van der Waals surface area contributed by atoms with Gasteiger partial charge in [-0.05, 0) is 46.3 Å². The van der Waals surface area contributed by atoms with Gasteiger partial charge in [0.05, 0.1) is 34.2 Å². The molecule has 0 amide bonds. The predicted molar refractivity (Wildman–Crippen MR) is 89.9 cm³/mol. The first-order chi connectivity index (χ1) is 10.1. The molecule has 3 nitrogen and oxygen atoms in total. The smallest absolute Gasteiger partial charge is 0.135 e. The molecule has 0 fully saturated rings. The minimum atomic E-state index is 0.310. The van der Waals surface area contributed by atoms with Crippen molar-refractivity contribution in [2.75, 3.05) is 7.11 Å². The topological polar surface area (TPSA) is 27.1 Å². The molecule has 0 bridgehead atoms. The maximum absolute atomic E-state index is 6.11. The maximum atomic E-state index is 6.11. The number of hydrogen-bond donors (Lipinski definition) is 0. The van der Waals surface area contributed by atoms with Crippen LogP contribution in [0.15, 0.2) is 40.9 Å². The molecule has 0 N–H and O–H groups in total. The summed E-state index contributed by atoms with van der Waals surface area (Å²) in [4.78, 5) is 4.55. The molecule has 3 aromatic rings. The Bertz CT molecular complexity index is 817. The van der Waals surface area contributed by atoms with Crippen LogP contribution < -0.4 is 4.74 Å². The van der Waals surface area contributed by atoms with Crippen molar-refractivity contribution < 1.29 is 4.74 Å². The lowest BCUT2D eigenvalue weighted by Crippen LogP contribution is -2.00. The SMILES string of the molecule is COc1cc(-n2c(CCl)nc3ccc(Cl)cc32)ccc1Br. The third kappa shape index (κ3) is 2.63. The van der Waals surface area contributed by atoms with Crippen LogP contribution in [0.25, 0.3) is 16.7 Å². The van der Waals surface area contributed by atoms with Gasteiger partial charge in [-0.15, -0.1) is 11.6 Å². The predicted octanol–water partition coefficient (Wildman–Crippen LogP) is 5.19. The first kappa shape index (κ1) is 14.7. The van der Waals surface area contributed by atoms with Crippen LogP contribution in [0.1, 0.15) is 5.82 Å². The Morgan fingerprint density at radius 1 is 1.24 bits per heavy atom. The summed E-state index contributed by atoms with van der Waals surface area (Å²) in [6.45, 7) is 0. The van der Waals surface area contributed by atoms with Crippen molar-refractivity contribution in [2.45, 2.75) is 5.88 Å². The number of rotatable bonds is 3. The zero-order valence-corrected chi connectivity index (χ0v) is 14.2. The first-order valence-corrected chi connectivity index (χ1v) is 7.91. The number of halogens is 3. The van der Waals surface area contributed by atoms with Gasteiger partial charge in [0.1, 0.15) is 11.6 Å². The Morgan fingerprint density at radius 3 is 2.76 bits per heavy atom. The molecule has 21 heavy (non-hydrogen) atoms. The van der Waals surface area contributed by atoms with Crippen LogP contribution in [0.3, 0.4) is 0 Å². The molecule has 0 radical (unpaired) electrons. The van der Waals surface area contributed by atoms with E-state index in [9.17, 15) is 0 Å². The number of fused-ring (bicyclic) bond motifs is 1. The van der Waals surface area contributed by atoms with E-state index in [0.29, 0.717) is 10.9 Å². The van der Waals surface area contributed by atoms with E-state index >= 15 is 0 Å². The highest BCUT2D eigenvalue weighted by Gasteiger charge is 2.13. The number of imidazole rings is 1. The van der Waals surface area contributed by atoms with Crippen LogP contribution in [0.5, 0.6) is 5.75 Å². The van der Waals surface area contributed by atoms with Crippen LogP contribution in [-0.4, -0.2) is 16.7 Å². The van der Waals surface area contributed by atoms with Crippen molar-refractivity contribution in [1.29, 1.82) is 0 Å². The van der Waals surface area contributed by atoms with Gasteiger partial charge in [-0.1, -0.05) is 11.6 Å². The molecule has 0 spiro atoms. The fourth-order valence-corrected chi connectivity index (χ4v) is 3.02. The number of alkyl halides is 1. The van der Waals surface area contributed by atoms with Crippen molar-refractivity contribution in [3.63, 3.8) is 0 Å². The minimum Gasteiger partial charge on any atom is -0.495 e. The first-order valence-electron chi connectivity index (χ1n) is 6.21. The lowest BCUT2D eigenvalue weighted by Gasteiger charge is -2.11. The Kier molecular flexibility index (Phi) is 4.11. The van der Waals surface area contributed by atoms with E-state index in [4.69, 9.17) is 27.9 Å². The third-order valence-electron chi connectivity index (χ3n) is 3.20. The molecule has 0 unspecified atom stereocenters. The summed E-state index contributed by atoms with van der Waals surface area (Å²) in [6.07, 6.45) is 0. The molecular weight excluding hydrogens is 375 g/mol. The van der Waals surface area contributed by atoms with Crippen molar-refractivity contribution in [3.05, 3.63) is 51.7 Å². The molecule has 0 atom stereocenters. The van der Waals surface area contributed by atoms with E-state index in [0.717, 1.165) is 32.8 Å². The highest BCUT2D eigenvalue weighted by atomic mass is 79.9. The second kappa shape index (κ2) is 5.87. The standard InChI is InChI=1S/C15H11BrCl2N2O/c1-21-14-7-10(3-4-11(14)16)20-13-6-9(18)2-5-12(13)19-15(20)8-17/h2-7H,8H2,1H3. The summed E-state index contributed by atoms with van der Waals surface area (Å²) in [5.41, 5.74) is 2.70. The summed E-state index contributed by atoms with van der Waals surface area (Å²) in [6, 6.07) is 11.4. The lowest BCUT2D eigenvalue weighted by atomic mass is 10.2. The van der Waals surface area contributed by atoms with Gasteiger partial charge in [0.15, 0.2) is 0 Å². The molecule has 0 aliphatic carbocycles. The molecule has 0 saturated carbocycles. The van der Waals surface area contributed by atoms with Crippen LogP contribution in [0, 0.1) is 0 Å².